The van der Waals surface area contributed by atoms with Gasteiger partial charge in [-0.3, -0.25) is 4.98 Å². The second-order valence-corrected chi connectivity index (χ2v) is 10.3. The summed E-state index contributed by atoms with van der Waals surface area (Å²) >= 11 is 5.86. The van der Waals surface area contributed by atoms with Gasteiger partial charge >= 0.3 is 0 Å². The van der Waals surface area contributed by atoms with Crippen LogP contribution in [0.5, 0.6) is 0 Å². The molecule has 2 aromatic carbocycles. The van der Waals surface area contributed by atoms with Crippen LogP contribution >= 0.6 is 11.6 Å². The highest BCUT2D eigenvalue weighted by molar-refractivity contribution is 7.89. The summed E-state index contributed by atoms with van der Waals surface area (Å²) in [6, 6.07) is 4.93. The summed E-state index contributed by atoms with van der Waals surface area (Å²) < 4.78 is 90.0. The Morgan fingerprint density at radius 1 is 1.06 bits per heavy atom. The molecule has 34 heavy (non-hydrogen) atoms. The first-order valence-corrected chi connectivity index (χ1v) is 12.1. The van der Waals surface area contributed by atoms with Gasteiger partial charge in [0.25, 0.3) is 0 Å². The Labute approximate surface area is 197 Å². The third-order valence-electron chi connectivity index (χ3n) is 6.04. The van der Waals surface area contributed by atoms with E-state index in [0.29, 0.717) is 0 Å². The average Bonchev–Trinajstić information content (AvgIpc) is 3.23. The lowest BCUT2D eigenvalue weighted by Gasteiger charge is -2.45. The number of halogens is 5. The summed E-state index contributed by atoms with van der Waals surface area (Å²) in [5.74, 6) is -2.94. The number of alkyl halides is 1. The lowest BCUT2D eigenvalue weighted by molar-refractivity contribution is -0.116. The SMILES string of the molecule is O=S(=O)(c1cc(Cl)ccc1F)N1CCO[C@]12CCN(c1cnc3cc(F)c(F)cc3n1)C[C@H]2F. The number of piperidine rings is 1. The van der Waals surface area contributed by atoms with Gasteiger partial charge in [0.2, 0.25) is 10.0 Å². The number of anilines is 1. The number of ether oxygens (including phenoxy) is 1. The van der Waals surface area contributed by atoms with Gasteiger partial charge in [0.05, 0.1) is 30.4 Å². The van der Waals surface area contributed by atoms with E-state index in [4.69, 9.17) is 16.3 Å². The van der Waals surface area contributed by atoms with Gasteiger partial charge < -0.3 is 9.64 Å². The van der Waals surface area contributed by atoms with Crippen LogP contribution in [-0.4, -0.2) is 60.8 Å². The Kier molecular flexibility index (Phi) is 5.66. The van der Waals surface area contributed by atoms with Crippen molar-refractivity contribution in [2.45, 2.75) is 23.2 Å². The molecule has 5 rings (SSSR count). The molecular weight excluding hydrogens is 500 g/mol. The molecule has 2 fully saturated rings. The molecular formula is C21H17ClF4N4O3S. The zero-order chi connectivity index (χ0) is 24.3. The van der Waals surface area contributed by atoms with Crippen LogP contribution in [-0.2, 0) is 14.8 Å². The molecule has 2 aliphatic heterocycles. The van der Waals surface area contributed by atoms with Gasteiger partial charge in [-0.25, -0.2) is 31.0 Å². The Bertz CT molecular complexity index is 1400. The molecule has 0 amide bonds. The number of nitrogens with zero attached hydrogens (tertiary/aromatic N) is 4. The minimum atomic E-state index is -4.47. The van der Waals surface area contributed by atoms with E-state index in [1.165, 1.54) is 17.2 Å². The summed E-state index contributed by atoms with van der Waals surface area (Å²) in [4.78, 5) is 9.15. The molecule has 3 heterocycles. The summed E-state index contributed by atoms with van der Waals surface area (Å²) in [7, 11) is -4.47. The third kappa shape index (κ3) is 3.69. The Morgan fingerprint density at radius 3 is 2.53 bits per heavy atom. The van der Waals surface area contributed by atoms with Crippen LogP contribution in [0.2, 0.25) is 5.02 Å². The van der Waals surface area contributed by atoms with Crippen molar-refractivity contribution in [3.8, 4) is 0 Å². The number of sulfonamides is 1. The molecule has 0 unspecified atom stereocenters. The highest BCUT2D eigenvalue weighted by Gasteiger charge is 2.57. The highest BCUT2D eigenvalue weighted by atomic mass is 35.5. The molecule has 13 heteroatoms. The second-order valence-electron chi connectivity index (χ2n) is 7.99. The number of fused-ring (bicyclic) bond motifs is 1. The largest absolute Gasteiger partial charge is 0.355 e. The van der Waals surface area contributed by atoms with Gasteiger partial charge in [-0.15, -0.1) is 0 Å². The van der Waals surface area contributed by atoms with E-state index < -0.39 is 44.3 Å². The topological polar surface area (TPSA) is 75.6 Å². The van der Waals surface area contributed by atoms with Crippen LogP contribution in [0.3, 0.4) is 0 Å². The molecule has 1 aromatic heterocycles. The van der Waals surface area contributed by atoms with E-state index in [-0.39, 0.29) is 54.5 Å². The summed E-state index contributed by atoms with van der Waals surface area (Å²) in [6.45, 7) is -0.417. The Morgan fingerprint density at radius 2 is 1.79 bits per heavy atom. The molecule has 7 nitrogen and oxygen atoms in total. The van der Waals surface area contributed by atoms with Crippen molar-refractivity contribution in [1.82, 2.24) is 14.3 Å². The first kappa shape index (κ1) is 23.2. The van der Waals surface area contributed by atoms with Gasteiger partial charge in [0, 0.05) is 36.7 Å². The molecule has 0 radical (unpaired) electrons. The zero-order valence-corrected chi connectivity index (χ0v) is 19.0. The molecule has 0 aliphatic carbocycles. The lowest BCUT2D eigenvalue weighted by Crippen LogP contribution is -2.62. The highest BCUT2D eigenvalue weighted by Crippen LogP contribution is 2.41. The fourth-order valence-corrected chi connectivity index (χ4v) is 6.41. The van der Waals surface area contributed by atoms with E-state index in [9.17, 15) is 21.6 Å². The second kappa shape index (κ2) is 8.29. The monoisotopic (exact) mass is 516 g/mol. The maximum absolute atomic E-state index is 15.6. The van der Waals surface area contributed by atoms with E-state index in [0.717, 1.165) is 28.6 Å². The minimum absolute atomic E-state index is 0.0203. The van der Waals surface area contributed by atoms with E-state index >= 15 is 4.39 Å². The van der Waals surface area contributed by atoms with Gasteiger partial charge in [-0.2, -0.15) is 4.31 Å². The number of aromatic nitrogens is 2. The summed E-state index contributed by atoms with van der Waals surface area (Å²) in [6.07, 6.45) is -0.619. The van der Waals surface area contributed by atoms with Crippen molar-refractivity contribution in [2.75, 3.05) is 31.1 Å². The van der Waals surface area contributed by atoms with Crippen molar-refractivity contribution in [3.63, 3.8) is 0 Å². The third-order valence-corrected chi connectivity index (χ3v) is 8.21. The molecule has 180 valence electrons. The number of rotatable bonds is 3. The van der Waals surface area contributed by atoms with Crippen molar-refractivity contribution < 1.29 is 30.7 Å². The summed E-state index contributed by atoms with van der Waals surface area (Å²) in [5.41, 5.74) is -1.61. The molecule has 2 aliphatic rings. The first-order chi connectivity index (χ1) is 16.1. The number of hydrogen-bond acceptors (Lipinski definition) is 6. The normalized spacial score (nSPS) is 23.8. The molecule has 0 bridgehead atoms. The van der Waals surface area contributed by atoms with Crippen LogP contribution in [0.15, 0.2) is 41.4 Å². The molecule has 0 saturated carbocycles. The maximum Gasteiger partial charge on any atom is 0.248 e. The molecule has 0 N–H and O–H groups in total. The van der Waals surface area contributed by atoms with Crippen molar-refractivity contribution >= 4 is 38.5 Å². The standard InChI is InChI=1S/C21H17ClF4N4O3S/c22-12-1-2-13(23)18(7-12)34(31,32)30-5-6-33-21(30)3-4-29(11-19(21)26)20-10-27-16-8-14(24)15(25)9-17(16)28-20/h1-2,7-10,19H,3-6,11H2/t19-,21+/m1/s1. The quantitative estimate of drug-likeness (QED) is 0.495. The van der Waals surface area contributed by atoms with Crippen LogP contribution in [0.25, 0.3) is 11.0 Å². The number of benzene rings is 2. The van der Waals surface area contributed by atoms with Gasteiger partial charge in [-0.05, 0) is 18.2 Å². The van der Waals surface area contributed by atoms with E-state index in [2.05, 4.69) is 9.97 Å². The minimum Gasteiger partial charge on any atom is -0.355 e. The fourth-order valence-electron chi connectivity index (χ4n) is 4.37. The van der Waals surface area contributed by atoms with Crippen LogP contribution in [0, 0.1) is 17.5 Å². The van der Waals surface area contributed by atoms with Crippen molar-refractivity contribution in [1.29, 1.82) is 0 Å². The smallest absolute Gasteiger partial charge is 0.248 e. The molecule has 2 atom stereocenters. The zero-order valence-electron chi connectivity index (χ0n) is 17.4. The van der Waals surface area contributed by atoms with Crippen LogP contribution in [0.4, 0.5) is 23.4 Å². The fraction of sp³-hybridized carbons (Fsp3) is 0.333. The molecule has 2 saturated heterocycles. The predicted molar refractivity (Wildman–Crippen MR) is 115 cm³/mol. The van der Waals surface area contributed by atoms with E-state index in [1.54, 1.807) is 0 Å². The maximum atomic E-state index is 15.6. The van der Waals surface area contributed by atoms with Crippen LogP contribution in [0.1, 0.15) is 6.42 Å². The molecule has 3 aromatic rings. The van der Waals surface area contributed by atoms with Gasteiger partial charge in [-0.1, -0.05) is 11.6 Å². The van der Waals surface area contributed by atoms with Gasteiger partial charge in [0.15, 0.2) is 23.5 Å². The summed E-state index contributed by atoms with van der Waals surface area (Å²) in [5, 5.41) is 0.0203. The lowest BCUT2D eigenvalue weighted by atomic mass is 9.98. The first-order valence-electron chi connectivity index (χ1n) is 10.2. The van der Waals surface area contributed by atoms with Crippen molar-refractivity contribution in [2.24, 2.45) is 0 Å². The van der Waals surface area contributed by atoms with Gasteiger partial charge in [0.1, 0.15) is 16.5 Å². The predicted octanol–water partition coefficient (Wildman–Crippen LogP) is 3.67. The molecule has 1 spiro atoms. The average molecular weight is 517 g/mol. The van der Waals surface area contributed by atoms with Crippen molar-refractivity contribution in [3.05, 3.63) is 59.0 Å². The Hall–Kier alpha value is -2.54. The number of hydrogen-bond donors (Lipinski definition) is 0. The van der Waals surface area contributed by atoms with E-state index in [1.807, 2.05) is 0 Å². The van der Waals surface area contributed by atoms with Crippen LogP contribution < -0.4 is 4.90 Å². The Balaban J connectivity index is 1.44.